The predicted molar refractivity (Wildman–Crippen MR) is 69.6 cm³/mol. The van der Waals surface area contributed by atoms with Gasteiger partial charge in [0.25, 0.3) is 0 Å². The van der Waals surface area contributed by atoms with E-state index in [-0.39, 0.29) is 17.9 Å². The monoisotopic (exact) mass is 249 g/mol. The molecule has 98 valence electrons. The van der Waals surface area contributed by atoms with E-state index in [2.05, 4.69) is 12.2 Å². The highest BCUT2D eigenvalue weighted by molar-refractivity contribution is 5.91. The number of unbranched alkanes of at least 4 members (excludes halogenated alkanes) is 2. The largest absolute Gasteiger partial charge is 0.478 e. The van der Waals surface area contributed by atoms with Crippen LogP contribution in [0.1, 0.15) is 42.1 Å². The van der Waals surface area contributed by atoms with Crippen LogP contribution >= 0.6 is 0 Å². The summed E-state index contributed by atoms with van der Waals surface area (Å²) in [5.41, 5.74) is 0.749. The lowest BCUT2D eigenvalue weighted by molar-refractivity contribution is -0.120. The molecule has 0 atom stereocenters. The number of rotatable bonds is 7. The minimum absolute atomic E-state index is 0.120. The van der Waals surface area contributed by atoms with Crippen LogP contribution in [0, 0.1) is 0 Å². The third-order valence-corrected chi connectivity index (χ3v) is 2.70. The molecule has 0 unspecified atom stereocenters. The number of amides is 1. The summed E-state index contributed by atoms with van der Waals surface area (Å²) in [7, 11) is 0. The summed E-state index contributed by atoms with van der Waals surface area (Å²) in [4.78, 5) is 22.6. The molecule has 0 radical (unpaired) electrons. The fraction of sp³-hybridized carbons (Fsp3) is 0.429. The average molecular weight is 249 g/mol. The van der Waals surface area contributed by atoms with Gasteiger partial charge in [-0.05, 0) is 18.1 Å². The van der Waals surface area contributed by atoms with E-state index in [9.17, 15) is 9.59 Å². The zero-order valence-electron chi connectivity index (χ0n) is 10.6. The highest BCUT2D eigenvalue weighted by Gasteiger charge is 2.11. The van der Waals surface area contributed by atoms with Gasteiger partial charge < -0.3 is 10.4 Å². The standard InChI is InChI=1S/C14H19NO3/c1-2-3-6-9-15-13(16)10-11-7-4-5-8-12(11)14(17)18/h4-5,7-8H,2-3,6,9-10H2,1H3,(H,15,16)(H,17,18). The number of aromatic carboxylic acids is 1. The molecule has 1 rings (SSSR count). The van der Waals surface area contributed by atoms with Gasteiger partial charge in [0.2, 0.25) is 5.91 Å². The smallest absolute Gasteiger partial charge is 0.335 e. The van der Waals surface area contributed by atoms with E-state index in [1.165, 1.54) is 6.07 Å². The molecule has 4 nitrogen and oxygen atoms in total. The lowest BCUT2D eigenvalue weighted by atomic mass is 10.0. The lowest BCUT2D eigenvalue weighted by Crippen LogP contribution is -2.26. The number of carbonyl (C=O) groups excluding carboxylic acids is 1. The number of benzene rings is 1. The van der Waals surface area contributed by atoms with Crippen LogP contribution in [0.25, 0.3) is 0 Å². The maximum absolute atomic E-state index is 11.6. The van der Waals surface area contributed by atoms with Crippen molar-refractivity contribution >= 4 is 11.9 Å². The Balaban J connectivity index is 2.51. The van der Waals surface area contributed by atoms with Crippen molar-refractivity contribution in [1.29, 1.82) is 0 Å². The van der Waals surface area contributed by atoms with Crippen LogP contribution < -0.4 is 5.32 Å². The summed E-state index contributed by atoms with van der Waals surface area (Å²) in [6, 6.07) is 6.59. The Kier molecular flexibility index (Phi) is 5.91. The van der Waals surface area contributed by atoms with Crippen molar-refractivity contribution in [1.82, 2.24) is 5.32 Å². The zero-order valence-corrected chi connectivity index (χ0v) is 10.6. The summed E-state index contributed by atoms with van der Waals surface area (Å²) < 4.78 is 0. The number of hydrogen-bond acceptors (Lipinski definition) is 2. The Hall–Kier alpha value is -1.84. The Morgan fingerprint density at radius 1 is 1.22 bits per heavy atom. The molecule has 1 aromatic carbocycles. The molecule has 0 aliphatic rings. The van der Waals surface area contributed by atoms with E-state index in [1.54, 1.807) is 18.2 Å². The summed E-state index contributed by atoms with van der Waals surface area (Å²) in [6.07, 6.45) is 3.28. The second-order valence-electron chi connectivity index (χ2n) is 4.20. The van der Waals surface area contributed by atoms with Gasteiger partial charge in [-0.1, -0.05) is 38.0 Å². The van der Waals surface area contributed by atoms with Crippen molar-refractivity contribution < 1.29 is 14.7 Å². The van der Waals surface area contributed by atoms with E-state index in [1.807, 2.05) is 0 Å². The molecular weight excluding hydrogens is 230 g/mol. The SMILES string of the molecule is CCCCCNC(=O)Cc1ccccc1C(=O)O. The second kappa shape index (κ2) is 7.48. The highest BCUT2D eigenvalue weighted by atomic mass is 16.4. The Morgan fingerprint density at radius 3 is 2.61 bits per heavy atom. The summed E-state index contributed by atoms with van der Waals surface area (Å²) in [5.74, 6) is -1.12. The molecular formula is C14H19NO3. The molecule has 0 aromatic heterocycles. The third kappa shape index (κ3) is 4.57. The molecule has 0 saturated carbocycles. The Morgan fingerprint density at radius 2 is 1.94 bits per heavy atom. The van der Waals surface area contributed by atoms with Crippen molar-refractivity contribution in [3.8, 4) is 0 Å². The second-order valence-corrected chi connectivity index (χ2v) is 4.20. The average Bonchev–Trinajstić information content (AvgIpc) is 2.35. The molecule has 2 N–H and O–H groups in total. The van der Waals surface area contributed by atoms with Crippen LogP contribution in [-0.4, -0.2) is 23.5 Å². The fourth-order valence-electron chi connectivity index (χ4n) is 1.72. The molecule has 0 heterocycles. The van der Waals surface area contributed by atoms with Crippen LogP contribution in [0.5, 0.6) is 0 Å². The normalized spacial score (nSPS) is 10.1. The molecule has 4 heteroatoms. The van der Waals surface area contributed by atoms with Crippen molar-refractivity contribution in [3.63, 3.8) is 0 Å². The van der Waals surface area contributed by atoms with E-state index >= 15 is 0 Å². The van der Waals surface area contributed by atoms with Gasteiger partial charge in [-0.2, -0.15) is 0 Å². The van der Waals surface area contributed by atoms with Crippen LogP contribution in [0.3, 0.4) is 0 Å². The molecule has 0 aliphatic heterocycles. The van der Waals surface area contributed by atoms with Crippen LogP contribution in [0.2, 0.25) is 0 Å². The topological polar surface area (TPSA) is 66.4 Å². The van der Waals surface area contributed by atoms with Gasteiger partial charge in [0.1, 0.15) is 0 Å². The number of carbonyl (C=O) groups is 2. The van der Waals surface area contributed by atoms with Gasteiger partial charge in [0.05, 0.1) is 12.0 Å². The van der Waals surface area contributed by atoms with Crippen molar-refractivity contribution in [2.75, 3.05) is 6.54 Å². The van der Waals surface area contributed by atoms with E-state index < -0.39 is 5.97 Å². The van der Waals surface area contributed by atoms with Crippen molar-refractivity contribution in [2.45, 2.75) is 32.6 Å². The molecule has 0 spiro atoms. The first-order valence-electron chi connectivity index (χ1n) is 6.23. The van der Waals surface area contributed by atoms with E-state index in [0.717, 1.165) is 19.3 Å². The van der Waals surface area contributed by atoms with Crippen molar-refractivity contribution in [2.24, 2.45) is 0 Å². The zero-order chi connectivity index (χ0) is 13.4. The molecule has 0 bridgehead atoms. The van der Waals surface area contributed by atoms with Gasteiger partial charge in [0.15, 0.2) is 0 Å². The molecule has 0 fully saturated rings. The number of carboxylic acid groups (broad SMARTS) is 1. The third-order valence-electron chi connectivity index (χ3n) is 2.70. The fourth-order valence-corrected chi connectivity index (χ4v) is 1.72. The van der Waals surface area contributed by atoms with Crippen LogP contribution in [0.15, 0.2) is 24.3 Å². The highest BCUT2D eigenvalue weighted by Crippen LogP contribution is 2.09. The molecule has 18 heavy (non-hydrogen) atoms. The van der Waals surface area contributed by atoms with Gasteiger partial charge >= 0.3 is 5.97 Å². The number of hydrogen-bond donors (Lipinski definition) is 2. The van der Waals surface area contributed by atoms with Gasteiger partial charge in [0, 0.05) is 6.54 Å². The van der Waals surface area contributed by atoms with Crippen LogP contribution in [-0.2, 0) is 11.2 Å². The molecule has 1 amide bonds. The van der Waals surface area contributed by atoms with Gasteiger partial charge in [-0.25, -0.2) is 4.79 Å². The number of nitrogens with one attached hydrogen (secondary N) is 1. The summed E-state index contributed by atoms with van der Waals surface area (Å²) in [6.45, 7) is 2.76. The molecule has 0 saturated heterocycles. The maximum Gasteiger partial charge on any atom is 0.335 e. The Bertz CT molecular complexity index is 415. The van der Waals surface area contributed by atoms with Gasteiger partial charge in [-0.3, -0.25) is 4.79 Å². The van der Waals surface area contributed by atoms with Gasteiger partial charge in [-0.15, -0.1) is 0 Å². The van der Waals surface area contributed by atoms with E-state index in [0.29, 0.717) is 12.1 Å². The minimum atomic E-state index is -0.996. The van der Waals surface area contributed by atoms with E-state index in [4.69, 9.17) is 5.11 Å². The predicted octanol–water partition coefficient (Wildman–Crippen LogP) is 2.23. The lowest BCUT2D eigenvalue weighted by Gasteiger charge is -2.07. The first-order valence-corrected chi connectivity index (χ1v) is 6.23. The first kappa shape index (κ1) is 14.2. The summed E-state index contributed by atoms with van der Waals surface area (Å²) in [5, 5.41) is 11.8. The molecule has 1 aromatic rings. The Labute approximate surface area is 107 Å². The molecule has 0 aliphatic carbocycles. The summed E-state index contributed by atoms with van der Waals surface area (Å²) >= 11 is 0. The maximum atomic E-state index is 11.6. The minimum Gasteiger partial charge on any atom is -0.478 e. The van der Waals surface area contributed by atoms with Crippen molar-refractivity contribution in [3.05, 3.63) is 35.4 Å². The number of carboxylic acids is 1. The first-order chi connectivity index (χ1) is 8.65. The van der Waals surface area contributed by atoms with Crippen LogP contribution in [0.4, 0.5) is 0 Å². The quantitative estimate of drug-likeness (QED) is 0.728.